The SMILES string of the molecule is Cc1cc(-c2ccc(C3CCc4ccc([C@H](C5CC5)[C@H](C)C(=O)O)cc4O3)cc2CN2CCCC2)c(F)cn1. The Morgan fingerprint density at radius 2 is 1.90 bits per heavy atom. The van der Waals surface area contributed by atoms with E-state index < -0.39 is 11.9 Å². The Hall–Kier alpha value is -3.25. The third-order valence-corrected chi connectivity index (χ3v) is 8.86. The van der Waals surface area contributed by atoms with Crippen molar-refractivity contribution in [1.29, 1.82) is 0 Å². The first-order chi connectivity index (χ1) is 18.9. The van der Waals surface area contributed by atoms with E-state index in [1.54, 1.807) is 0 Å². The van der Waals surface area contributed by atoms with Gasteiger partial charge in [-0.25, -0.2) is 4.39 Å². The van der Waals surface area contributed by atoms with Crippen molar-refractivity contribution in [2.75, 3.05) is 13.1 Å². The summed E-state index contributed by atoms with van der Waals surface area (Å²) in [5.41, 5.74) is 6.78. The van der Waals surface area contributed by atoms with Crippen LogP contribution < -0.4 is 4.74 Å². The molecule has 0 bridgehead atoms. The number of carboxylic acid groups (broad SMARTS) is 1. The fourth-order valence-corrected chi connectivity index (χ4v) is 6.54. The van der Waals surface area contributed by atoms with Gasteiger partial charge in [-0.3, -0.25) is 14.7 Å². The van der Waals surface area contributed by atoms with E-state index >= 15 is 0 Å². The van der Waals surface area contributed by atoms with Crippen molar-refractivity contribution in [3.8, 4) is 16.9 Å². The number of fused-ring (bicyclic) bond motifs is 1. The predicted octanol–water partition coefficient (Wildman–Crippen LogP) is 7.07. The van der Waals surface area contributed by atoms with Crippen LogP contribution in [0.15, 0.2) is 48.7 Å². The molecule has 6 rings (SSSR count). The van der Waals surface area contributed by atoms with Gasteiger partial charge in [0.2, 0.25) is 0 Å². The molecule has 2 aromatic carbocycles. The molecule has 5 nitrogen and oxygen atoms in total. The van der Waals surface area contributed by atoms with Gasteiger partial charge in [-0.2, -0.15) is 0 Å². The maximum Gasteiger partial charge on any atom is 0.306 e. The van der Waals surface area contributed by atoms with Gasteiger partial charge in [0.05, 0.1) is 12.1 Å². The summed E-state index contributed by atoms with van der Waals surface area (Å²) < 4.78 is 21.5. The lowest BCUT2D eigenvalue weighted by molar-refractivity contribution is -0.142. The van der Waals surface area contributed by atoms with E-state index in [0.717, 1.165) is 79.0 Å². The molecular weight excluding hydrogens is 491 g/mol. The van der Waals surface area contributed by atoms with Gasteiger partial charge >= 0.3 is 5.97 Å². The van der Waals surface area contributed by atoms with Gasteiger partial charge in [-0.15, -0.1) is 0 Å². The average molecular weight is 529 g/mol. The second-order valence-corrected chi connectivity index (χ2v) is 11.7. The molecular formula is C33H37FN2O3. The summed E-state index contributed by atoms with van der Waals surface area (Å²) in [6.45, 7) is 6.63. The standard InChI is InChI=1S/C33H37FN2O3/c1-20-15-28(29(34)18-35-20)27-11-9-24(16-26(27)19-36-13-3-4-14-36)30-12-10-22-5-8-25(17-31(22)39-30)32(23-6-7-23)21(2)33(37)38/h5,8-9,11,15-18,21,23,30,32H,3-4,6-7,10,12-14,19H2,1-2H3,(H,37,38)/t21-,30?,32-/m0/s1. The largest absolute Gasteiger partial charge is 0.485 e. The summed E-state index contributed by atoms with van der Waals surface area (Å²) in [5.74, 6) is -0.142. The highest BCUT2D eigenvalue weighted by atomic mass is 19.1. The molecule has 6 heteroatoms. The summed E-state index contributed by atoms with van der Waals surface area (Å²) >= 11 is 0. The number of likely N-dealkylation sites (tertiary alicyclic amines) is 1. The molecule has 0 amide bonds. The van der Waals surface area contributed by atoms with Gasteiger partial charge in [0.1, 0.15) is 17.7 Å². The van der Waals surface area contributed by atoms with E-state index in [-0.39, 0.29) is 17.8 Å². The van der Waals surface area contributed by atoms with Gasteiger partial charge in [0.15, 0.2) is 0 Å². The summed E-state index contributed by atoms with van der Waals surface area (Å²) in [5, 5.41) is 9.72. The van der Waals surface area contributed by atoms with E-state index in [1.807, 2.05) is 26.0 Å². The molecule has 204 valence electrons. The molecule has 1 aromatic heterocycles. The van der Waals surface area contributed by atoms with Crippen LogP contribution in [-0.4, -0.2) is 34.0 Å². The minimum Gasteiger partial charge on any atom is -0.485 e. The number of aromatic nitrogens is 1. The summed E-state index contributed by atoms with van der Waals surface area (Å²) in [7, 11) is 0. The fraction of sp³-hybridized carbons (Fsp3) is 0.455. The number of aliphatic carboxylic acids is 1. The predicted molar refractivity (Wildman–Crippen MR) is 149 cm³/mol. The molecule has 3 aromatic rings. The van der Waals surface area contributed by atoms with Crippen LogP contribution in [-0.2, 0) is 17.8 Å². The number of rotatable bonds is 8. The minimum atomic E-state index is -0.741. The second kappa shape index (κ2) is 10.7. The minimum absolute atomic E-state index is 0.0156. The van der Waals surface area contributed by atoms with Crippen LogP contribution in [0.25, 0.3) is 11.1 Å². The zero-order valence-corrected chi connectivity index (χ0v) is 22.8. The van der Waals surface area contributed by atoms with Crippen molar-refractivity contribution in [2.24, 2.45) is 11.8 Å². The molecule has 1 unspecified atom stereocenters. The maximum atomic E-state index is 14.9. The van der Waals surface area contributed by atoms with Crippen LogP contribution in [0.2, 0.25) is 0 Å². The number of nitrogens with zero attached hydrogens (tertiary/aromatic N) is 2. The quantitative estimate of drug-likeness (QED) is 0.339. The molecule has 0 radical (unpaired) electrons. The number of aryl methyl sites for hydroxylation is 2. The number of hydrogen-bond donors (Lipinski definition) is 1. The Kier molecular flexibility index (Phi) is 7.15. The third-order valence-electron chi connectivity index (χ3n) is 8.86. The van der Waals surface area contributed by atoms with Crippen molar-refractivity contribution in [3.05, 3.63) is 82.4 Å². The smallest absolute Gasteiger partial charge is 0.306 e. The number of halogens is 1. The lowest BCUT2D eigenvalue weighted by Crippen LogP contribution is -2.22. The first kappa shape index (κ1) is 26.0. The average Bonchev–Trinajstić information content (AvgIpc) is 3.63. The molecule has 1 N–H and O–H groups in total. The van der Waals surface area contributed by atoms with Crippen molar-refractivity contribution < 1.29 is 19.0 Å². The molecule has 1 saturated heterocycles. The van der Waals surface area contributed by atoms with Crippen LogP contribution in [0.5, 0.6) is 5.75 Å². The highest BCUT2D eigenvalue weighted by Crippen LogP contribution is 2.48. The molecule has 2 fully saturated rings. The first-order valence-corrected chi connectivity index (χ1v) is 14.4. The Labute approximate surface area is 230 Å². The van der Waals surface area contributed by atoms with E-state index in [0.29, 0.717) is 11.5 Å². The molecule has 3 heterocycles. The summed E-state index contributed by atoms with van der Waals surface area (Å²) in [6, 6.07) is 14.5. The first-order valence-electron chi connectivity index (χ1n) is 14.4. The highest BCUT2D eigenvalue weighted by Gasteiger charge is 2.39. The zero-order valence-electron chi connectivity index (χ0n) is 22.8. The monoisotopic (exact) mass is 528 g/mol. The lowest BCUT2D eigenvalue weighted by atomic mass is 9.82. The molecule has 3 atom stereocenters. The third kappa shape index (κ3) is 5.44. The summed E-state index contributed by atoms with van der Waals surface area (Å²) in [6.07, 6.45) is 7.57. The van der Waals surface area contributed by atoms with Crippen molar-refractivity contribution in [2.45, 2.75) is 70.9 Å². The fourth-order valence-electron chi connectivity index (χ4n) is 6.54. The lowest BCUT2D eigenvalue weighted by Gasteiger charge is -2.29. The van der Waals surface area contributed by atoms with Gasteiger partial charge in [0.25, 0.3) is 0 Å². The van der Waals surface area contributed by atoms with E-state index in [1.165, 1.54) is 24.6 Å². The molecule has 2 aliphatic heterocycles. The Morgan fingerprint density at radius 3 is 2.64 bits per heavy atom. The van der Waals surface area contributed by atoms with Crippen LogP contribution in [0.4, 0.5) is 4.39 Å². The van der Waals surface area contributed by atoms with E-state index in [2.05, 4.69) is 40.2 Å². The highest BCUT2D eigenvalue weighted by molar-refractivity contribution is 5.71. The Bertz CT molecular complexity index is 1380. The maximum absolute atomic E-state index is 14.9. The Morgan fingerprint density at radius 1 is 1.10 bits per heavy atom. The molecule has 3 aliphatic rings. The van der Waals surface area contributed by atoms with Crippen LogP contribution >= 0.6 is 0 Å². The molecule has 1 saturated carbocycles. The zero-order chi connectivity index (χ0) is 27.1. The number of carboxylic acids is 1. The van der Waals surface area contributed by atoms with Gasteiger partial charge in [-0.05, 0) is 110 Å². The van der Waals surface area contributed by atoms with Crippen LogP contribution in [0.1, 0.15) is 79.0 Å². The molecule has 39 heavy (non-hydrogen) atoms. The van der Waals surface area contributed by atoms with Gasteiger partial charge < -0.3 is 9.84 Å². The number of carbonyl (C=O) groups is 1. The second-order valence-electron chi connectivity index (χ2n) is 11.7. The Balaban J connectivity index is 1.31. The van der Waals surface area contributed by atoms with E-state index in [4.69, 9.17) is 4.74 Å². The van der Waals surface area contributed by atoms with Gasteiger partial charge in [0, 0.05) is 17.8 Å². The number of benzene rings is 2. The number of hydrogen-bond acceptors (Lipinski definition) is 4. The van der Waals surface area contributed by atoms with Gasteiger partial charge in [-0.1, -0.05) is 37.3 Å². The summed E-state index contributed by atoms with van der Waals surface area (Å²) in [4.78, 5) is 18.4. The van der Waals surface area contributed by atoms with Crippen molar-refractivity contribution in [3.63, 3.8) is 0 Å². The van der Waals surface area contributed by atoms with Crippen molar-refractivity contribution in [1.82, 2.24) is 9.88 Å². The topological polar surface area (TPSA) is 62.7 Å². The normalized spacial score (nSPS) is 20.7. The molecule has 1 aliphatic carbocycles. The number of ether oxygens (including phenoxy) is 1. The van der Waals surface area contributed by atoms with Crippen LogP contribution in [0, 0.1) is 24.6 Å². The van der Waals surface area contributed by atoms with E-state index in [9.17, 15) is 14.3 Å². The van der Waals surface area contributed by atoms with Crippen LogP contribution in [0.3, 0.4) is 0 Å². The van der Waals surface area contributed by atoms with Crippen molar-refractivity contribution >= 4 is 5.97 Å². The molecule has 0 spiro atoms. The number of pyridine rings is 1.